The molecule has 1 aromatic rings. The fraction of sp³-hybridized carbons (Fsp3) is 0.769. The highest BCUT2D eigenvalue weighted by Gasteiger charge is 2.01. The molecule has 0 saturated heterocycles. The van der Waals surface area contributed by atoms with Crippen molar-refractivity contribution in [2.75, 3.05) is 26.7 Å². The van der Waals surface area contributed by atoms with Crippen LogP contribution in [0.1, 0.15) is 25.8 Å². The number of hydrogen-bond acceptors (Lipinski definition) is 3. The molecule has 0 saturated carbocycles. The highest BCUT2D eigenvalue weighted by molar-refractivity contribution is 5.02. The van der Waals surface area contributed by atoms with Gasteiger partial charge < -0.3 is 10.2 Å². The van der Waals surface area contributed by atoms with Gasteiger partial charge in [-0.2, -0.15) is 5.10 Å². The Bertz CT molecular complexity index is 306. The molecule has 1 rings (SSSR count). The van der Waals surface area contributed by atoms with E-state index in [-0.39, 0.29) is 0 Å². The number of rotatable bonds is 8. The van der Waals surface area contributed by atoms with Crippen molar-refractivity contribution < 1.29 is 0 Å². The normalized spacial score (nSPS) is 11.6. The van der Waals surface area contributed by atoms with Crippen LogP contribution in [0.25, 0.3) is 0 Å². The first-order valence-electron chi connectivity index (χ1n) is 6.44. The van der Waals surface area contributed by atoms with E-state index in [1.54, 1.807) is 0 Å². The van der Waals surface area contributed by atoms with Crippen molar-refractivity contribution in [3.63, 3.8) is 0 Å². The maximum Gasteiger partial charge on any atom is 0.0534 e. The number of hydrogen-bond donors (Lipinski definition) is 1. The van der Waals surface area contributed by atoms with E-state index in [9.17, 15) is 0 Å². The van der Waals surface area contributed by atoms with E-state index in [1.165, 1.54) is 12.0 Å². The lowest BCUT2D eigenvalue weighted by molar-refractivity contribution is 0.323. The number of nitrogens with zero attached hydrogens (tertiary/aromatic N) is 3. The fourth-order valence-electron chi connectivity index (χ4n) is 1.73. The van der Waals surface area contributed by atoms with Crippen LogP contribution in [-0.4, -0.2) is 41.4 Å². The molecule has 4 nitrogen and oxygen atoms in total. The van der Waals surface area contributed by atoms with Crippen LogP contribution in [0, 0.1) is 5.92 Å². The smallest absolute Gasteiger partial charge is 0.0534 e. The van der Waals surface area contributed by atoms with Crippen LogP contribution < -0.4 is 5.32 Å². The van der Waals surface area contributed by atoms with Gasteiger partial charge in [0.05, 0.1) is 6.20 Å². The molecule has 4 heteroatoms. The molecule has 0 radical (unpaired) electrons. The lowest BCUT2D eigenvalue weighted by atomic mass is 10.1. The maximum absolute atomic E-state index is 4.17. The maximum atomic E-state index is 4.17. The summed E-state index contributed by atoms with van der Waals surface area (Å²) in [6.07, 6.45) is 5.26. The largest absolute Gasteiger partial charge is 0.315 e. The molecular weight excluding hydrogens is 212 g/mol. The van der Waals surface area contributed by atoms with Crippen LogP contribution >= 0.6 is 0 Å². The summed E-state index contributed by atoms with van der Waals surface area (Å²) in [5.41, 5.74) is 1.28. The van der Waals surface area contributed by atoms with Gasteiger partial charge in [-0.1, -0.05) is 13.8 Å². The summed E-state index contributed by atoms with van der Waals surface area (Å²) in [5.74, 6) is 0.788. The zero-order chi connectivity index (χ0) is 12.7. The molecule has 0 unspecified atom stereocenters. The molecule has 0 fully saturated rings. The van der Waals surface area contributed by atoms with Crippen molar-refractivity contribution in [2.45, 2.75) is 26.8 Å². The summed E-state index contributed by atoms with van der Waals surface area (Å²) in [5, 5.41) is 7.65. The van der Waals surface area contributed by atoms with Crippen LogP contribution in [0.15, 0.2) is 12.4 Å². The third-order valence-corrected chi connectivity index (χ3v) is 2.78. The van der Waals surface area contributed by atoms with Crippen molar-refractivity contribution >= 4 is 0 Å². The Hall–Kier alpha value is -0.870. The van der Waals surface area contributed by atoms with E-state index in [2.05, 4.69) is 42.4 Å². The second-order valence-electron chi connectivity index (χ2n) is 5.19. The van der Waals surface area contributed by atoms with Crippen molar-refractivity contribution in [1.82, 2.24) is 20.0 Å². The summed E-state index contributed by atoms with van der Waals surface area (Å²) in [7, 11) is 4.11. The van der Waals surface area contributed by atoms with E-state index < -0.39 is 0 Å². The summed E-state index contributed by atoms with van der Waals surface area (Å²) in [6, 6.07) is 0. The van der Waals surface area contributed by atoms with Gasteiger partial charge in [0.1, 0.15) is 0 Å². The topological polar surface area (TPSA) is 33.1 Å². The Morgan fingerprint density at radius 3 is 2.76 bits per heavy atom. The van der Waals surface area contributed by atoms with E-state index in [0.29, 0.717) is 0 Å². The highest BCUT2D eigenvalue weighted by atomic mass is 15.2. The van der Waals surface area contributed by atoms with Gasteiger partial charge in [0, 0.05) is 38.4 Å². The predicted molar refractivity (Wildman–Crippen MR) is 71.9 cm³/mol. The van der Waals surface area contributed by atoms with Crippen LogP contribution in [-0.2, 0) is 13.6 Å². The minimum atomic E-state index is 0.788. The lowest BCUT2D eigenvalue weighted by Gasteiger charge is -2.16. The molecule has 0 aliphatic rings. The standard InChI is InChI=1S/C13H26N4/c1-12(2)5-6-14-7-8-16(3)10-13-9-15-17(4)11-13/h9,11-12,14H,5-8,10H2,1-4H3. The van der Waals surface area contributed by atoms with Gasteiger partial charge in [0.25, 0.3) is 0 Å². The molecule has 17 heavy (non-hydrogen) atoms. The minimum absolute atomic E-state index is 0.788. The Morgan fingerprint density at radius 1 is 1.41 bits per heavy atom. The number of aryl methyl sites for hydroxylation is 1. The Morgan fingerprint density at radius 2 is 2.18 bits per heavy atom. The third kappa shape index (κ3) is 6.44. The Kier molecular flexibility index (Phi) is 6.22. The minimum Gasteiger partial charge on any atom is -0.315 e. The molecule has 0 spiro atoms. The van der Waals surface area contributed by atoms with Gasteiger partial charge in [0.15, 0.2) is 0 Å². The average Bonchev–Trinajstić information content (AvgIpc) is 2.63. The van der Waals surface area contributed by atoms with Crippen molar-refractivity contribution in [2.24, 2.45) is 13.0 Å². The molecule has 0 atom stereocenters. The van der Waals surface area contributed by atoms with Gasteiger partial charge in [-0.05, 0) is 25.9 Å². The average molecular weight is 238 g/mol. The first-order valence-corrected chi connectivity index (χ1v) is 6.44. The van der Waals surface area contributed by atoms with Gasteiger partial charge >= 0.3 is 0 Å². The predicted octanol–water partition coefficient (Wildman–Crippen LogP) is 1.49. The molecule has 0 bridgehead atoms. The quantitative estimate of drug-likeness (QED) is 0.697. The SMILES string of the molecule is CC(C)CCNCCN(C)Cc1cnn(C)c1. The highest BCUT2D eigenvalue weighted by Crippen LogP contribution is 2.00. The van der Waals surface area contributed by atoms with Crippen molar-refractivity contribution in [3.05, 3.63) is 18.0 Å². The Labute approximate surface area is 105 Å². The van der Waals surface area contributed by atoms with Gasteiger partial charge in [0.2, 0.25) is 0 Å². The monoisotopic (exact) mass is 238 g/mol. The van der Waals surface area contributed by atoms with E-state index >= 15 is 0 Å². The van der Waals surface area contributed by atoms with Crippen LogP contribution in [0.4, 0.5) is 0 Å². The molecule has 98 valence electrons. The van der Waals surface area contributed by atoms with Gasteiger partial charge in [-0.25, -0.2) is 0 Å². The summed E-state index contributed by atoms with van der Waals surface area (Å²) in [6.45, 7) is 8.75. The van der Waals surface area contributed by atoms with Crippen molar-refractivity contribution in [3.8, 4) is 0 Å². The van der Waals surface area contributed by atoms with Gasteiger partial charge in [-0.15, -0.1) is 0 Å². The molecule has 1 heterocycles. The van der Waals surface area contributed by atoms with E-state index in [0.717, 1.165) is 32.1 Å². The van der Waals surface area contributed by atoms with E-state index in [1.807, 2.05) is 17.9 Å². The molecule has 0 aliphatic heterocycles. The zero-order valence-electron chi connectivity index (χ0n) is 11.6. The molecule has 0 amide bonds. The molecule has 1 N–H and O–H groups in total. The first-order chi connectivity index (χ1) is 8.08. The van der Waals surface area contributed by atoms with Crippen LogP contribution in [0.2, 0.25) is 0 Å². The second-order valence-corrected chi connectivity index (χ2v) is 5.19. The van der Waals surface area contributed by atoms with Crippen LogP contribution in [0.5, 0.6) is 0 Å². The van der Waals surface area contributed by atoms with E-state index in [4.69, 9.17) is 0 Å². The Balaban J connectivity index is 2.07. The fourth-order valence-corrected chi connectivity index (χ4v) is 1.73. The van der Waals surface area contributed by atoms with Crippen LogP contribution in [0.3, 0.4) is 0 Å². The number of likely N-dealkylation sites (N-methyl/N-ethyl adjacent to an activating group) is 1. The first kappa shape index (κ1) is 14.2. The number of nitrogens with one attached hydrogen (secondary N) is 1. The zero-order valence-corrected chi connectivity index (χ0v) is 11.6. The third-order valence-electron chi connectivity index (χ3n) is 2.78. The molecule has 1 aromatic heterocycles. The molecule has 0 aliphatic carbocycles. The molecular formula is C13H26N4. The van der Waals surface area contributed by atoms with Crippen molar-refractivity contribution in [1.29, 1.82) is 0 Å². The van der Waals surface area contributed by atoms with Gasteiger partial charge in [-0.3, -0.25) is 4.68 Å². The summed E-state index contributed by atoms with van der Waals surface area (Å²) in [4.78, 5) is 2.32. The second kappa shape index (κ2) is 7.45. The summed E-state index contributed by atoms with van der Waals surface area (Å²) >= 11 is 0. The molecule has 0 aromatic carbocycles. The lowest BCUT2D eigenvalue weighted by Crippen LogP contribution is -2.29. The number of aromatic nitrogens is 2. The summed E-state index contributed by atoms with van der Waals surface area (Å²) < 4.78 is 1.85.